The van der Waals surface area contributed by atoms with Gasteiger partial charge in [0.15, 0.2) is 0 Å². The Labute approximate surface area is 80.2 Å². The summed E-state index contributed by atoms with van der Waals surface area (Å²) < 4.78 is 37.5. The molecular formula is C8H13F3N2O. The Morgan fingerprint density at radius 1 is 1.57 bits per heavy atom. The number of carbonyl (C=O) groups excluding carboxylic acids is 1. The number of rotatable bonds is 3. The second-order valence-corrected chi connectivity index (χ2v) is 3.32. The molecule has 14 heavy (non-hydrogen) atoms. The first-order chi connectivity index (χ1) is 6.45. The van der Waals surface area contributed by atoms with Crippen LogP contribution in [-0.2, 0) is 4.79 Å². The molecule has 1 amide bonds. The topological polar surface area (TPSA) is 32.3 Å². The predicted octanol–water partition coefficient (Wildman–Crippen LogP) is 1.45. The van der Waals surface area contributed by atoms with E-state index in [4.69, 9.17) is 0 Å². The van der Waals surface area contributed by atoms with Crippen LogP contribution in [0.2, 0.25) is 0 Å². The summed E-state index contributed by atoms with van der Waals surface area (Å²) in [6.45, 7) is 1.83. The van der Waals surface area contributed by atoms with Gasteiger partial charge in [0.25, 0.3) is 0 Å². The minimum Gasteiger partial charge on any atom is -0.288 e. The number of alkyl halides is 3. The Morgan fingerprint density at radius 3 is 2.57 bits per heavy atom. The number of hydrazine groups is 1. The Balaban J connectivity index is 2.63. The van der Waals surface area contributed by atoms with Crippen molar-refractivity contribution in [1.29, 1.82) is 0 Å². The lowest BCUT2D eigenvalue weighted by Gasteiger charge is -2.28. The number of hydrogen-bond acceptors (Lipinski definition) is 2. The van der Waals surface area contributed by atoms with Crippen molar-refractivity contribution in [2.45, 2.75) is 38.4 Å². The molecule has 0 aromatic rings. The second kappa shape index (κ2) is 4.16. The van der Waals surface area contributed by atoms with Gasteiger partial charge in [0.1, 0.15) is 6.04 Å². The summed E-state index contributed by atoms with van der Waals surface area (Å²) in [5.74, 6) is -0.338. The SMILES string of the molecule is CCC[C@H](N1CCC(=O)N1)C(F)(F)F. The lowest BCUT2D eigenvalue weighted by Crippen LogP contribution is -2.49. The fourth-order valence-corrected chi connectivity index (χ4v) is 1.50. The molecule has 0 saturated carbocycles. The molecule has 1 aliphatic rings. The molecule has 0 radical (unpaired) electrons. The van der Waals surface area contributed by atoms with Crippen LogP contribution in [0.3, 0.4) is 0 Å². The first-order valence-corrected chi connectivity index (χ1v) is 4.58. The van der Waals surface area contributed by atoms with Crippen molar-refractivity contribution in [3.63, 3.8) is 0 Å². The summed E-state index contributed by atoms with van der Waals surface area (Å²) in [5.41, 5.74) is 2.22. The standard InChI is InChI=1S/C8H13F3N2O/c1-2-3-6(8(9,10)11)13-5-4-7(14)12-13/h6H,2-5H2,1H3,(H,12,14)/t6-/m0/s1. The first-order valence-electron chi connectivity index (χ1n) is 4.58. The molecular weight excluding hydrogens is 197 g/mol. The normalized spacial score (nSPS) is 21.0. The van der Waals surface area contributed by atoms with Crippen LogP contribution >= 0.6 is 0 Å². The van der Waals surface area contributed by atoms with Crippen molar-refractivity contribution in [3.05, 3.63) is 0 Å². The van der Waals surface area contributed by atoms with Gasteiger partial charge in [-0.25, -0.2) is 5.01 Å². The lowest BCUT2D eigenvalue weighted by atomic mass is 10.1. The highest BCUT2D eigenvalue weighted by molar-refractivity contribution is 5.77. The summed E-state index contributed by atoms with van der Waals surface area (Å²) in [6.07, 6.45) is -3.66. The molecule has 0 aromatic heterocycles. The van der Waals surface area contributed by atoms with Gasteiger partial charge in [0.2, 0.25) is 5.91 Å². The minimum absolute atomic E-state index is 0.0176. The molecule has 1 aliphatic heterocycles. The van der Waals surface area contributed by atoms with E-state index < -0.39 is 12.2 Å². The van der Waals surface area contributed by atoms with Gasteiger partial charge < -0.3 is 0 Å². The van der Waals surface area contributed by atoms with E-state index in [0.717, 1.165) is 5.01 Å². The van der Waals surface area contributed by atoms with Crippen molar-refractivity contribution < 1.29 is 18.0 Å². The number of amides is 1. The molecule has 1 fully saturated rings. The van der Waals surface area contributed by atoms with Gasteiger partial charge in [-0.1, -0.05) is 13.3 Å². The van der Waals surface area contributed by atoms with Crippen LogP contribution in [0, 0.1) is 0 Å². The minimum atomic E-state index is -4.27. The van der Waals surface area contributed by atoms with Crippen molar-refractivity contribution in [2.24, 2.45) is 0 Å². The highest BCUT2D eigenvalue weighted by atomic mass is 19.4. The zero-order valence-electron chi connectivity index (χ0n) is 7.90. The molecule has 1 saturated heterocycles. The zero-order valence-corrected chi connectivity index (χ0v) is 7.90. The van der Waals surface area contributed by atoms with Crippen LogP contribution in [0.25, 0.3) is 0 Å². The van der Waals surface area contributed by atoms with Gasteiger partial charge in [-0.3, -0.25) is 10.2 Å². The summed E-state index contributed by atoms with van der Waals surface area (Å²) in [4.78, 5) is 10.8. The van der Waals surface area contributed by atoms with Crippen LogP contribution in [-0.4, -0.2) is 29.7 Å². The highest BCUT2D eigenvalue weighted by Crippen LogP contribution is 2.28. The molecule has 1 rings (SSSR count). The summed E-state index contributed by atoms with van der Waals surface area (Å²) >= 11 is 0. The Kier molecular flexibility index (Phi) is 3.36. The van der Waals surface area contributed by atoms with Crippen LogP contribution in [0.1, 0.15) is 26.2 Å². The Hall–Kier alpha value is -0.780. The number of halogens is 3. The largest absolute Gasteiger partial charge is 0.405 e. The number of hydrogen-bond donors (Lipinski definition) is 1. The van der Waals surface area contributed by atoms with Gasteiger partial charge in [-0.05, 0) is 6.42 Å². The number of nitrogens with one attached hydrogen (secondary N) is 1. The molecule has 0 spiro atoms. The summed E-state index contributed by atoms with van der Waals surface area (Å²) in [7, 11) is 0. The summed E-state index contributed by atoms with van der Waals surface area (Å²) in [6, 6.07) is -1.54. The van der Waals surface area contributed by atoms with Gasteiger partial charge in [0, 0.05) is 13.0 Å². The van der Waals surface area contributed by atoms with Crippen molar-refractivity contribution in [3.8, 4) is 0 Å². The maximum absolute atomic E-state index is 12.5. The first kappa shape index (κ1) is 11.3. The van der Waals surface area contributed by atoms with E-state index in [-0.39, 0.29) is 25.3 Å². The van der Waals surface area contributed by atoms with E-state index in [9.17, 15) is 18.0 Å². The molecule has 1 heterocycles. The molecule has 0 unspecified atom stereocenters. The van der Waals surface area contributed by atoms with Crippen molar-refractivity contribution >= 4 is 5.91 Å². The van der Waals surface area contributed by atoms with Crippen LogP contribution < -0.4 is 5.43 Å². The molecule has 0 bridgehead atoms. The van der Waals surface area contributed by atoms with Crippen LogP contribution in [0.5, 0.6) is 0 Å². The maximum Gasteiger partial charge on any atom is 0.405 e. The Bertz CT molecular complexity index is 217. The van der Waals surface area contributed by atoms with Gasteiger partial charge >= 0.3 is 6.18 Å². The molecule has 82 valence electrons. The molecule has 1 N–H and O–H groups in total. The van der Waals surface area contributed by atoms with Crippen LogP contribution in [0.4, 0.5) is 13.2 Å². The third-order valence-corrected chi connectivity index (χ3v) is 2.16. The van der Waals surface area contributed by atoms with Crippen molar-refractivity contribution in [2.75, 3.05) is 6.54 Å². The number of nitrogens with zero attached hydrogens (tertiary/aromatic N) is 1. The zero-order chi connectivity index (χ0) is 10.8. The van der Waals surface area contributed by atoms with E-state index in [2.05, 4.69) is 5.43 Å². The quantitative estimate of drug-likeness (QED) is 0.764. The van der Waals surface area contributed by atoms with Gasteiger partial charge in [0.05, 0.1) is 0 Å². The smallest absolute Gasteiger partial charge is 0.288 e. The fourth-order valence-electron chi connectivity index (χ4n) is 1.50. The monoisotopic (exact) mass is 210 g/mol. The predicted molar refractivity (Wildman–Crippen MR) is 44.2 cm³/mol. The van der Waals surface area contributed by atoms with E-state index in [1.54, 1.807) is 6.92 Å². The Morgan fingerprint density at radius 2 is 2.21 bits per heavy atom. The van der Waals surface area contributed by atoms with Gasteiger partial charge in [-0.15, -0.1) is 0 Å². The molecule has 3 nitrogen and oxygen atoms in total. The molecule has 6 heteroatoms. The van der Waals surface area contributed by atoms with E-state index in [1.165, 1.54) is 0 Å². The van der Waals surface area contributed by atoms with E-state index in [0.29, 0.717) is 6.42 Å². The summed E-state index contributed by atoms with van der Waals surface area (Å²) in [5, 5.41) is 0.992. The lowest BCUT2D eigenvalue weighted by molar-refractivity contribution is -0.190. The van der Waals surface area contributed by atoms with Crippen LogP contribution in [0.15, 0.2) is 0 Å². The van der Waals surface area contributed by atoms with E-state index >= 15 is 0 Å². The highest BCUT2D eigenvalue weighted by Gasteiger charge is 2.44. The molecule has 0 aromatic carbocycles. The van der Waals surface area contributed by atoms with Crippen molar-refractivity contribution in [1.82, 2.24) is 10.4 Å². The van der Waals surface area contributed by atoms with E-state index in [1.807, 2.05) is 0 Å². The average Bonchev–Trinajstić information content (AvgIpc) is 2.45. The van der Waals surface area contributed by atoms with Gasteiger partial charge in [-0.2, -0.15) is 13.2 Å². The second-order valence-electron chi connectivity index (χ2n) is 3.32. The molecule has 1 atom stereocenters. The number of carbonyl (C=O) groups is 1. The third kappa shape index (κ3) is 2.60. The molecule has 0 aliphatic carbocycles. The third-order valence-electron chi connectivity index (χ3n) is 2.16. The average molecular weight is 210 g/mol. The fraction of sp³-hybridized carbons (Fsp3) is 0.875. The maximum atomic E-state index is 12.5.